The van der Waals surface area contributed by atoms with Crippen LogP contribution in [-0.4, -0.2) is 36.5 Å². The zero-order valence-corrected chi connectivity index (χ0v) is 13.2. The normalized spacial score (nSPS) is 18.2. The number of carbonyl (C=O) groups excluding carboxylic acids is 1. The second kappa shape index (κ2) is 7.18. The largest absolute Gasteiger partial charge is 0.337 e. The number of halogens is 2. The molecule has 1 heterocycles. The molecular formula is C15H20BrFN2O. The van der Waals surface area contributed by atoms with Crippen molar-refractivity contribution in [2.75, 3.05) is 19.6 Å². The van der Waals surface area contributed by atoms with Crippen LogP contribution in [0.4, 0.5) is 4.39 Å². The molecule has 1 aliphatic heterocycles. The first kappa shape index (κ1) is 15.4. The Hall–Kier alpha value is -0.940. The molecule has 1 unspecified atom stereocenters. The Labute approximate surface area is 127 Å². The number of benzene rings is 1. The topological polar surface area (TPSA) is 32.3 Å². The molecule has 0 aliphatic carbocycles. The van der Waals surface area contributed by atoms with E-state index < -0.39 is 5.82 Å². The van der Waals surface area contributed by atoms with Crippen molar-refractivity contribution >= 4 is 21.8 Å². The summed E-state index contributed by atoms with van der Waals surface area (Å²) >= 11 is 3.29. The van der Waals surface area contributed by atoms with Crippen LogP contribution in [0, 0.1) is 5.82 Å². The fraction of sp³-hybridized carbons (Fsp3) is 0.533. The highest BCUT2D eigenvalue weighted by Crippen LogP contribution is 2.18. The molecule has 1 N–H and O–H groups in total. The Morgan fingerprint density at radius 1 is 1.55 bits per heavy atom. The van der Waals surface area contributed by atoms with Gasteiger partial charge >= 0.3 is 0 Å². The van der Waals surface area contributed by atoms with Gasteiger partial charge in [0.15, 0.2) is 0 Å². The van der Waals surface area contributed by atoms with Gasteiger partial charge in [-0.15, -0.1) is 0 Å². The van der Waals surface area contributed by atoms with E-state index in [2.05, 4.69) is 21.2 Å². The highest BCUT2D eigenvalue weighted by molar-refractivity contribution is 9.10. The summed E-state index contributed by atoms with van der Waals surface area (Å²) < 4.78 is 14.6. The van der Waals surface area contributed by atoms with Gasteiger partial charge < -0.3 is 10.2 Å². The SMILES string of the molecule is CCCN(CC1CCCN1)C(=O)c1cc(Br)ccc1F. The maximum absolute atomic E-state index is 13.9. The predicted octanol–water partition coefficient (Wildman–Crippen LogP) is 3.19. The summed E-state index contributed by atoms with van der Waals surface area (Å²) in [5.41, 5.74) is 0.144. The average Bonchev–Trinajstić information content (AvgIpc) is 2.93. The minimum atomic E-state index is -0.460. The van der Waals surface area contributed by atoms with Gasteiger partial charge in [0.05, 0.1) is 5.56 Å². The minimum Gasteiger partial charge on any atom is -0.337 e. The molecule has 0 aromatic heterocycles. The van der Waals surface area contributed by atoms with E-state index in [9.17, 15) is 9.18 Å². The summed E-state index contributed by atoms with van der Waals surface area (Å²) in [6, 6.07) is 4.83. The Bertz CT molecular complexity index is 475. The monoisotopic (exact) mass is 342 g/mol. The maximum Gasteiger partial charge on any atom is 0.256 e. The van der Waals surface area contributed by atoms with Crippen LogP contribution in [0.2, 0.25) is 0 Å². The summed E-state index contributed by atoms with van der Waals surface area (Å²) in [6.07, 6.45) is 3.09. The number of nitrogens with one attached hydrogen (secondary N) is 1. The second-order valence-corrected chi connectivity index (χ2v) is 6.08. The van der Waals surface area contributed by atoms with Gasteiger partial charge in [0.1, 0.15) is 5.82 Å². The van der Waals surface area contributed by atoms with Crippen LogP contribution in [0.5, 0.6) is 0 Å². The van der Waals surface area contributed by atoms with Gasteiger partial charge in [0.2, 0.25) is 0 Å². The van der Waals surface area contributed by atoms with Crippen LogP contribution in [0.1, 0.15) is 36.5 Å². The molecule has 0 saturated carbocycles. The average molecular weight is 343 g/mol. The molecule has 0 bridgehead atoms. The van der Waals surface area contributed by atoms with Crippen LogP contribution in [0.25, 0.3) is 0 Å². The number of amides is 1. The fourth-order valence-corrected chi connectivity index (χ4v) is 2.92. The quantitative estimate of drug-likeness (QED) is 0.891. The van der Waals surface area contributed by atoms with Crippen molar-refractivity contribution in [1.82, 2.24) is 10.2 Å². The molecule has 1 aromatic rings. The third-order valence-electron chi connectivity index (χ3n) is 3.54. The summed E-state index contributed by atoms with van der Waals surface area (Å²) in [6.45, 7) is 4.34. The molecule has 2 rings (SSSR count). The second-order valence-electron chi connectivity index (χ2n) is 5.17. The molecule has 0 radical (unpaired) electrons. The van der Waals surface area contributed by atoms with Crippen LogP contribution < -0.4 is 5.32 Å². The zero-order valence-electron chi connectivity index (χ0n) is 11.7. The van der Waals surface area contributed by atoms with Crippen molar-refractivity contribution in [3.8, 4) is 0 Å². The molecule has 1 aromatic carbocycles. The Morgan fingerprint density at radius 3 is 3.00 bits per heavy atom. The Kier molecular flexibility index (Phi) is 5.54. The lowest BCUT2D eigenvalue weighted by Gasteiger charge is -2.25. The van der Waals surface area contributed by atoms with Gasteiger partial charge in [0.25, 0.3) is 5.91 Å². The van der Waals surface area contributed by atoms with E-state index in [1.54, 1.807) is 17.0 Å². The summed E-state index contributed by atoms with van der Waals surface area (Å²) in [5, 5.41) is 3.38. The van der Waals surface area contributed by atoms with Gasteiger partial charge in [-0.2, -0.15) is 0 Å². The Morgan fingerprint density at radius 2 is 2.35 bits per heavy atom. The van der Waals surface area contributed by atoms with Gasteiger partial charge in [-0.25, -0.2) is 4.39 Å². The lowest BCUT2D eigenvalue weighted by atomic mass is 10.1. The minimum absolute atomic E-state index is 0.144. The first-order chi connectivity index (χ1) is 9.61. The van der Waals surface area contributed by atoms with Crippen molar-refractivity contribution in [2.24, 2.45) is 0 Å². The van der Waals surface area contributed by atoms with Crippen LogP contribution in [0.15, 0.2) is 22.7 Å². The van der Waals surface area contributed by atoms with Crippen molar-refractivity contribution < 1.29 is 9.18 Å². The standard InChI is InChI=1S/C15H20BrFN2O/c1-2-8-19(10-12-4-3-7-18-12)15(20)13-9-11(16)5-6-14(13)17/h5-6,9,12,18H,2-4,7-8,10H2,1H3. The molecular weight excluding hydrogens is 323 g/mol. The zero-order chi connectivity index (χ0) is 14.5. The number of rotatable bonds is 5. The van der Waals surface area contributed by atoms with Gasteiger partial charge in [0, 0.05) is 23.6 Å². The lowest BCUT2D eigenvalue weighted by Crippen LogP contribution is -2.41. The molecule has 1 amide bonds. The lowest BCUT2D eigenvalue weighted by molar-refractivity contribution is 0.0737. The number of carbonyl (C=O) groups is 1. The molecule has 5 heteroatoms. The third-order valence-corrected chi connectivity index (χ3v) is 4.04. The molecule has 3 nitrogen and oxygen atoms in total. The van der Waals surface area contributed by atoms with E-state index in [0.717, 1.165) is 30.3 Å². The first-order valence-corrected chi connectivity index (χ1v) is 7.89. The van der Waals surface area contributed by atoms with E-state index in [-0.39, 0.29) is 11.5 Å². The highest BCUT2D eigenvalue weighted by atomic mass is 79.9. The maximum atomic E-state index is 13.9. The van der Waals surface area contributed by atoms with E-state index in [1.165, 1.54) is 6.07 Å². The van der Waals surface area contributed by atoms with E-state index in [4.69, 9.17) is 0 Å². The predicted molar refractivity (Wildman–Crippen MR) is 81.3 cm³/mol. The summed E-state index contributed by atoms with van der Waals surface area (Å²) in [5.74, 6) is -0.682. The van der Waals surface area contributed by atoms with Crippen molar-refractivity contribution in [2.45, 2.75) is 32.2 Å². The number of nitrogens with zero attached hydrogens (tertiary/aromatic N) is 1. The van der Waals surface area contributed by atoms with Crippen molar-refractivity contribution in [3.63, 3.8) is 0 Å². The van der Waals surface area contributed by atoms with E-state index in [1.807, 2.05) is 6.92 Å². The molecule has 1 saturated heterocycles. The first-order valence-electron chi connectivity index (χ1n) is 7.09. The number of hydrogen-bond donors (Lipinski definition) is 1. The molecule has 110 valence electrons. The van der Waals surface area contributed by atoms with Crippen LogP contribution in [0.3, 0.4) is 0 Å². The fourth-order valence-electron chi connectivity index (χ4n) is 2.56. The smallest absolute Gasteiger partial charge is 0.256 e. The van der Waals surface area contributed by atoms with Crippen LogP contribution in [-0.2, 0) is 0 Å². The third kappa shape index (κ3) is 3.79. The molecule has 1 atom stereocenters. The number of hydrogen-bond acceptors (Lipinski definition) is 2. The summed E-state index contributed by atoms with van der Waals surface area (Å²) in [7, 11) is 0. The van der Waals surface area contributed by atoms with Gasteiger partial charge in [-0.3, -0.25) is 4.79 Å². The molecule has 0 spiro atoms. The van der Waals surface area contributed by atoms with Crippen molar-refractivity contribution in [3.05, 3.63) is 34.1 Å². The van der Waals surface area contributed by atoms with Crippen LogP contribution >= 0.6 is 15.9 Å². The van der Waals surface area contributed by atoms with E-state index in [0.29, 0.717) is 19.1 Å². The van der Waals surface area contributed by atoms with Gasteiger partial charge in [-0.1, -0.05) is 22.9 Å². The Balaban J connectivity index is 2.14. The van der Waals surface area contributed by atoms with Gasteiger partial charge in [-0.05, 0) is 44.0 Å². The van der Waals surface area contributed by atoms with E-state index >= 15 is 0 Å². The summed E-state index contributed by atoms with van der Waals surface area (Å²) in [4.78, 5) is 14.3. The molecule has 20 heavy (non-hydrogen) atoms. The molecule has 1 aliphatic rings. The highest BCUT2D eigenvalue weighted by Gasteiger charge is 2.23. The van der Waals surface area contributed by atoms with Crippen molar-refractivity contribution in [1.29, 1.82) is 0 Å². The molecule has 1 fully saturated rings.